The Bertz CT molecular complexity index is 815. The fraction of sp³-hybridized carbons (Fsp3) is 0.250. The number of para-hydroxylation sites is 1. The number of benzene rings is 2. The summed E-state index contributed by atoms with van der Waals surface area (Å²) in [5.41, 5.74) is 0.868. The van der Waals surface area contributed by atoms with E-state index in [1.807, 2.05) is 0 Å². The van der Waals surface area contributed by atoms with Gasteiger partial charge in [0.05, 0.1) is 12.2 Å². The van der Waals surface area contributed by atoms with Crippen molar-refractivity contribution in [2.45, 2.75) is 26.3 Å². The lowest BCUT2D eigenvalue weighted by atomic mass is 10.0. The fourth-order valence-corrected chi connectivity index (χ4v) is 2.44. The Morgan fingerprint density at radius 3 is 2.37 bits per heavy atom. The third-order valence-corrected chi connectivity index (χ3v) is 3.64. The van der Waals surface area contributed by atoms with Gasteiger partial charge in [0.2, 0.25) is 0 Å². The summed E-state index contributed by atoms with van der Waals surface area (Å²) < 4.78 is 10.1. The van der Waals surface area contributed by atoms with Crippen LogP contribution < -0.4 is 10.1 Å². The summed E-state index contributed by atoms with van der Waals surface area (Å²) in [6, 6.07) is 11.6. The monoisotopic (exact) mass is 371 g/mol. The quantitative estimate of drug-likeness (QED) is 0.572. The molecule has 1 amide bonds. The van der Waals surface area contributed by atoms with Crippen LogP contribution in [0.1, 0.15) is 29.8 Å². The number of aromatic hydroxyl groups is 1. The zero-order valence-electron chi connectivity index (χ0n) is 15.1. The number of carbonyl (C=O) groups is 3. The molecule has 1 atom stereocenters. The van der Waals surface area contributed by atoms with Crippen molar-refractivity contribution >= 4 is 17.8 Å². The average Bonchev–Trinajstić information content (AvgIpc) is 2.63. The molecule has 0 radical (unpaired) electrons. The molecule has 0 heterocycles. The summed E-state index contributed by atoms with van der Waals surface area (Å²) in [4.78, 5) is 36.2. The molecule has 142 valence electrons. The number of phenols is 1. The molecule has 0 fully saturated rings. The maximum absolute atomic E-state index is 12.7. The summed E-state index contributed by atoms with van der Waals surface area (Å²) in [5, 5.41) is 12.0. The van der Waals surface area contributed by atoms with Crippen LogP contribution in [0.5, 0.6) is 11.5 Å². The number of carbonyl (C=O) groups excluding carboxylic acids is 3. The van der Waals surface area contributed by atoms with E-state index >= 15 is 0 Å². The van der Waals surface area contributed by atoms with Crippen LogP contribution in [0.2, 0.25) is 0 Å². The van der Waals surface area contributed by atoms with E-state index in [-0.39, 0.29) is 30.1 Å². The first-order chi connectivity index (χ1) is 12.9. The van der Waals surface area contributed by atoms with E-state index in [0.717, 1.165) is 5.56 Å². The zero-order valence-corrected chi connectivity index (χ0v) is 15.1. The molecule has 0 aliphatic rings. The molecule has 7 nitrogen and oxygen atoms in total. The SMILES string of the molecule is CCOC(=O)[C@H](Cc1ccc(O)cc1)NC(=O)c1ccccc1OC(C)=O. The van der Waals surface area contributed by atoms with Gasteiger partial charge in [0.25, 0.3) is 5.91 Å². The van der Waals surface area contributed by atoms with Gasteiger partial charge in [-0.15, -0.1) is 0 Å². The summed E-state index contributed by atoms with van der Waals surface area (Å²) in [6.45, 7) is 3.08. The first-order valence-electron chi connectivity index (χ1n) is 8.43. The number of ether oxygens (including phenoxy) is 2. The van der Waals surface area contributed by atoms with E-state index in [0.29, 0.717) is 0 Å². The predicted molar refractivity (Wildman–Crippen MR) is 97.4 cm³/mol. The van der Waals surface area contributed by atoms with Crippen LogP contribution in [0, 0.1) is 0 Å². The molecule has 0 bridgehead atoms. The third kappa shape index (κ3) is 5.85. The van der Waals surface area contributed by atoms with Crippen molar-refractivity contribution in [1.29, 1.82) is 0 Å². The molecular weight excluding hydrogens is 350 g/mol. The van der Waals surface area contributed by atoms with Crippen LogP contribution in [0.15, 0.2) is 48.5 Å². The molecule has 0 unspecified atom stereocenters. The second kappa shape index (κ2) is 9.38. The second-order valence-electron chi connectivity index (χ2n) is 5.74. The van der Waals surface area contributed by atoms with E-state index in [2.05, 4.69) is 5.32 Å². The van der Waals surface area contributed by atoms with Crippen LogP contribution in [0.25, 0.3) is 0 Å². The third-order valence-electron chi connectivity index (χ3n) is 3.64. The van der Waals surface area contributed by atoms with Gasteiger partial charge in [0.15, 0.2) is 0 Å². The Morgan fingerprint density at radius 1 is 1.07 bits per heavy atom. The van der Waals surface area contributed by atoms with Crippen molar-refractivity contribution in [3.63, 3.8) is 0 Å². The molecule has 7 heteroatoms. The van der Waals surface area contributed by atoms with Gasteiger partial charge < -0.3 is 19.9 Å². The van der Waals surface area contributed by atoms with Gasteiger partial charge in [0, 0.05) is 13.3 Å². The van der Waals surface area contributed by atoms with E-state index in [1.165, 1.54) is 31.2 Å². The topological polar surface area (TPSA) is 102 Å². The molecule has 0 saturated carbocycles. The van der Waals surface area contributed by atoms with Crippen molar-refractivity contribution in [3.05, 3.63) is 59.7 Å². The number of amides is 1. The number of hydrogen-bond donors (Lipinski definition) is 2. The number of hydrogen-bond acceptors (Lipinski definition) is 6. The molecular formula is C20H21NO6. The van der Waals surface area contributed by atoms with Gasteiger partial charge in [0.1, 0.15) is 17.5 Å². The Morgan fingerprint density at radius 2 is 1.74 bits per heavy atom. The minimum Gasteiger partial charge on any atom is -0.508 e. The molecule has 0 saturated heterocycles. The van der Waals surface area contributed by atoms with Crippen LogP contribution in [0.4, 0.5) is 0 Å². The highest BCUT2D eigenvalue weighted by Gasteiger charge is 2.24. The molecule has 27 heavy (non-hydrogen) atoms. The van der Waals surface area contributed by atoms with Crippen LogP contribution >= 0.6 is 0 Å². The first-order valence-corrected chi connectivity index (χ1v) is 8.43. The molecule has 2 aromatic rings. The lowest BCUT2D eigenvalue weighted by Gasteiger charge is -2.18. The average molecular weight is 371 g/mol. The maximum atomic E-state index is 12.7. The maximum Gasteiger partial charge on any atom is 0.328 e. The van der Waals surface area contributed by atoms with Crippen molar-refractivity contribution in [3.8, 4) is 11.5 Å². The highest BCUT2D eigenvalue weighted by Crippen LogP contribution is 2.19. The number of nitrogens with one attached hydrogen (secondary N) is 1. The van der Waals surface area contributed by atoms with Crippen molar-refractivity contribution in [2.24, 2.45) is 0 Å². The molecule has 0 spiro atoms. The number of esters is 2. The summed E-state index contributed by atoms with van der Waals surface area (Å²) in [7, 11) is 0. The lowest BCUT2D eigenvalue weighted by molar-refractivity contribution is -0.145. The number of rotatable bonds is 7. The van der Waals surface area contributed by atoms with Crippen LogP contribution in [-0.4, -0.2) is 35.6 Å². The standard InChI is InChI=1S/C20H21NO6/c1-3-26-20(25)17(12-14-8-10-15(23)11-9-14)21-19(24)16-6-4-5-7-18(16)27-13(2)22/h4-11,17,23H,3,12H2,1-2H3,(H,21,24)/t17-/m0/s1. The Labute approximate surface area is 156 Å². The van der Waals surface area contributed by atoms with Crippen LogP contribution in [0.3, 0.4) is 0 Å². The highest BCUT2D eigenvalue weighted by molar-refractivity contribution is 5.99. The molecule has 2 rings (SSSR count). The Kier molecular flexibility index (Phi) is 6.93. The van der Waals surface area contributed by atoms with Crippen molar-refractivity contribution in [2.75, 3.05) is 6.61 Å². The predicted octanol–water partition coefficient (Wildman–Crippen LogP) is 2.22. The second-order valence-corrected chi connectivity index (χ2v) is 5.74. The van der Waals surface area contributed by atoms with Crippen LogP contribution in [-0.2, 0) is 20.7 Å². The summed E-state index contributed by atoms with van der Waals surface area (Å²) in [5.74, 6) is -1.49. The molecule has 2 aromatic carbocycles. The van der Waals surface area contributed by atoms with Gasteiger partial charge in [-0.3, -0.25) is 9.59 Å². The fourth-order valence-electron chi connectivity index (χ4n) is 2.44. The zero-order chi connectivity index (χ0) is 19.8. The van der Waals surface area contributed by atoms with Gasteiger partial charge in [-0.1, -0.05) is 24.3 Å². The largest absolute Gasteiger partial charge is 0.508 e. The summed E-state index contributed by atoms with van der Waals surface area (Å²) >= 11 is 0. The van der Waals surface area contributed by atoms with Gasteiger partial charge in [-0.05, 0) is 36.8 Å². The highest BCUT2D eigenvalue weighted by atomic mass is 16.5. The molecule has 0 aliphatic carbocycles. The van der Waals surface area contributed by atoms with Crippen molar-refractivity contribution < 1.29 is 29.0 Å². The minimum absolute atomic E-state index is 0.103. The van der Waals surface area contributed by atoms with Gasteiger partial charge >= 0.3 is 11.9 Å². The smallest absolute Gasteiger partial charge is 0.328 e. The number of phenolic OH excluding ortho intramolecular Hbond substituents is 1. The van der Waals surface area contributed by atoms with Gasteiger partial charge in [-0.25, -0.2) is 4.79 Å². The van der Waals surface area contributed by atoms with Gasteiger partial charge in [-0.2, -0.15) is 0 Å². The lowest BCUT2D eigenvalue weighted by Crippen LogP contribution is -2.43. The van der Waals surface area contributed by atoms with E-state index < -0.39 is 23.9 Å². The first kappa shape index (κ1) is 20.0. The Balaban J connectivity index is 2.21. The van der Waals surface area contributed by atoms with E-state index in [9.17, 15) is 19.5 Å². The van der Waals surface area contributed by atoms with E-state index in [4.69, 9.17) is 9.47 Å². The Hall–Kier alpha value is -3.35. The molecule has 0 aliphatic heterocycles. The summed E-state index contributed by atoms with van der Waals surface area (Å²) in [6.07, 6.45) is 0.181. The van der Waals surface area contributed by atoms with Crippen molar-refractivity contribution in [1.82, 2.24) is 5.32 Å². The van der Waals surface area contributed by atoms with E-state index in [1.54, 1.807) is 31.2 Å². The molecule has 2 N–H and O–H groups in total. The minimum atomic E-state index is -0.938. The normalized spacial score (nSPS) is 11.3. The molecule has 0 aromatic heterocycles.